The summed E-state index contributed by atoms with van der Waals surface area (Å²) in [5.74, 6) is 0.737. The third-order valence-corrected chi connectivity index (χ3v) is 4.46. The van der Waals surface area contributed by atoms with Crippen LogP contribution in [-0.4, -0.2) is 55.4 Å². The van der Waals surface area contributed by atoms with Gasteiger partial charge in [-0.2, -0.15) is 0 Å². The molecule has 0 saturated carbocycles. The van der Waals surface area contributed by atoms with Crippen molar-refractivity contribution < 1.29 is 9.21 Å². The summed E-state index contributed by atoms with van der Waals surface area (Å²) in [6.07, 6.45) is 1.59. The van der Waals surface area contributed by atoms with Crippen molar-refractivity contribution in [3.05, 3.63) is 36.1 Å². The highest BCUT2D eigenvalue weighted by Gasteiger charge is 2.32. The molecule has 0 N–H and O–H groups in total. The first-order valence-electron chi connectivity index (χ1n) is 7.44. The van der Waals surface area contributed by atoms with Gasteiger partial charge in [0.15, 0.2) is 5.78 Å². The first kappa shape index (κ1) is 14.3. The van der Waals surface area contributed by atoms with Gasteiger partial charge in [0.25, 0.3) is 0 Å². The Morgan fingerprint density at radius 1 is 1.33 bits per heavy atom. The Balaban J connectivity index is 1.73. The fourth-order valence-corrected chi connectivity index (χ4v) is 3.33. The molecule has 1 fully saturated rings. The average Bonchev–Trinajstić information content (AvgIpc) is 3.02. The molecule has 1 aliphatic rings. The Morgan fingerprint density at radius 2 is 2.10 bits per heavy atom. The van der Waals surface area contributed by atoms with E-state index in [2.05, 4.69) is 30.8 Å². The van der Waals surface area contributed by atoms with Gasteiger partial charge in [-0.05, 0) is 26.1 Å². The van der Waals surface area contributed by atoms with Crippen LogP contribution in [0.4, 0.5) is 0 Å². The zero-order valence-electron chi connectivity index (χ0n) is 12.9. The monoisotopic (exact) mass is 286 g/mol. The van der Waals surface area contributed by atoms with E-state index < -0.39 is 0 Å². The fourth-order valence-electron chi connectivity index (χ4n) is 3.33. The van der Waals surface area contributed by atoms with Gasteiger partial charge < -0.3 is 9.32 Å². The second-order valence-corrected chi connectivity index (χ2v) is 6.27. The summed E-state index contributed by atoms with van der Waals surface area (Å²) in [5.41, 5.74) is 1.48. The number of furan rings is 1. The average molecular weight is 286 g/mol. The zero-order valence-corrected chi connectivity index (χ0v) is 12.9. The summed E-state index contributed by atoms with van der Waals surface area (Å²) in [5, 5.41) is 0.916. The predicted molar refractivity (Wildman–Crippen MR) is 83.6 cm³/mol. The SMILES string of the molecule is CC1CN(CC(=O)c2coc3ccccc23)CC1N(C)C. The Hall–Kier alpha value is -1.65. The maximum atomic E-state index is 12.5. The van der Waals surface area contributed by atoms with Crippen LogP contribution in [-0.2, 0) is 0 Å². The maximum Gasteiger partial charge on any atom is 0.180 e. The van der Waals surface area contributed by atoms with Crippen molar-refractivity contribution in [2.45, 2.75) is 13.0 Å². The second-order valence-electron chi connectivity index (χ2n) is 6.27. The standard InChI is InChI=1S/C17H22N2O2/c1-12-8-19(9-15(12)18(2)3)10-16(20)14-11-21-17-7-5-4-6-13(14)17/h4-7,11-12,15H,8-10H2,1-3H3. The van der Waals surface area contributed by atoms with Gasteiger partial charge in [0.1, 0.15) is 11.8 Å². The molecular weight excluding hydrogens is 264 g/mol. The molecule has 1 aromatic heterocycles. The molecule has 1 saturated heterocycles. The predicted octanol–water partition coefficient (Wildman–Crippen LogP) is 2.50. The van der Waals surface area contributed by atoms with Crippen LogP contribution in [0, 0.1) is 5.92 Å². The largest absolute Gasteiger partial charge is 0.464 e. The number of likely N-dealkylation sites (N-methyl/N-ethyl adjacent to an activating group) is 1. The van der Waals surface area contributed by atoms with E-state index in [0.29, 0.717) is 24.1 Å². The van der Waals surface area contributed by atoms with E-state index in [1.165, 1.54) is 0 Å². The van der Waals surface area contributed by atoms with Crippen molar-refractivity contribution in [2.24, 2.45) is 5.92 Å². The maximum absolute atomic E-state index is 12.5. The molecule has 0 radical (unpaired) electrons. The number of fused-ring (bicyclic) bond motifs is 1. The van der Waals surface area contributed by atoms with E-state index in [1.807, 2.05) is 24.3 Å². The van der Waals surface area contributed by atoms with Crippen LogP contribution >= 0.6 is 0 Å². The number of likely N-dealkylation sites (tertiary alicyclic amines) is 1. The molecule has 4 nitrogen and oxygen atoms in total. The lowest BCUT2D eigenvalue weighted by atomic mass is 10.1. The molecule has 4 heteroatoms. The third kappa shape index (κ3) is 2.74. The minimum atomic E-state index is 0.145. The number of carbonyl (C=O) groups excluding carboxylic acids is 1. The highest BCUT2D eigenvalue weighted by Crippen LogP contribution is 2.23. The minimum Gasteiger partial charge on any atom is -0.464 e. The summed E-state index contributed by atoms with van der Waals surface area (Å²) in [4.78, 5) is 17.0. The lowest BCUT2D eigenvalue weighted by Crippen LogP contribution is -2.35. The summed E-state index contributed by atoms with van der Waals surface area (Å²) in [6, 6.07) is 8.23. The Kier molecular flexibility index (Phi) is 3.83. The van der Waals surface area contributed by atoms with Gasteiger partial charge in [0.2, 0.25) is 0 Å². The fraction of sp³-hybridized carbons (Fsp3) is 0.471. The second kappa shape index (κ2) is 5.62. The van der Waals surface area contributed by atoms with Crippen molar-refractivity contribution in [1.29, 1.82) is 0 Å². The number of hydrogen-bond acceptors (Lipinski definition) is 4. The Bertz CT molecular complexity index is 647. The van der Waals surface area contributed by atoms with E-state index in [-0.39, 0.29) is 5.78 Å². The molecule has 3 rings (SSSR count). The number of hydrogen-bond donors (Lipinski definition) is 0. The van der Waals surface area contributed by atoms with Gasteiger partial charge in [0.05, 0.1) is 12.1 Å². The van der Waals surface area contributed by atoms with Gasteiger partial charge in [-0.15, -0.1) is 0 Å². The molecule has 0 spiro atoms. The normalized spacial score (nSPS) is 23.2. The lowest BCUT2D eigenvalue weighted by Gasteiger charge is -2.22. The van der Waals surface area contributed by atoms with Crippen LogP contribution in [0.25, 0.3) is 11.0 Å². The van der Waals surface area contributed by atoms with Gasteiger partial charge in [-0.25, -0.2) is 0 Å². The van der Waals surface area contributed by atoms with E-state index in [1.54, 1.807) is 6.26 Å². The number of carbonyl (C=O) groups is 1. The topological polar surface area (TPSA) is 36.7 Å². The van der Waals surface area contributed by atoms with Crippen LogP contribution in [0.5, 0.6) is 0 Å². The molecule has 2 aromatic rings. The summed E-state index contributed by atoms with van der Waals surface area (Å²) in [6.45, 7) is 4.65. The molecule has 1 aliphatic heterocycles. The van der Waals surface area contributed by atoms with Crippen molar-refractivity contribution >= 4 is 16.8 Å². The minimum absolute atomic E-state index is 0.145. The molecule has 0 amide bonds. The molecule has 2 unspecified atom stereocenters. The summed E-state index contributed by atoms with van der Waals surface area (Å²) in [7, 11) is 4.21. The molecule has 2 heterocycles. The highest BCUT2D eigenvalue weighted by molar-refractivity contribution is 6.08. The van der Waals surface area contributed by atoms with E-state index in [4.69, 9.17) is 4.42 Å². The molecule has 2 atom stereocenters. The van der Waals surface area contributed by atoms with Gasteiger partial charge in [-0.3, -0.25) is 9.69 Å². The van der Waals surface area contributed by atoms with Gasteiger partial charge >= 0.3 is 0 Å². The number of nitrogens with zero attached hydrogens (tertiary/aromatic N) is 2. The van der Waals surface area contributed by atoms with Gasteiger partial charge in [0, 0.05) is 24.5 Å². The molecule has 1 aromatic carbocycles. The highest BCUT2D eigenvalue weighted by atomic mass is 16.3. The molecule has 0 aliphatic carbocycles. The molecular formula is C17H22N2O2. The molecule has 112 valence electrons. The number of rotatable bonds is 4. The van der Waals surface area contributed by atoms with Crippen molar-refractivity contribution in [3.63, 3.8) is 0 Å². The Morgan fingerprint density at radius 3 is 2.81 bits per heavy atom. The van der Waals surface area contributed by atoms with Crippen LogP contribution < -0.4 is 0 Å². The molecule has 0 bridgehead atoms. The van der Waals surface area contributed by atoms with E-state index >= 15 is 0 Å². The zero-order chi connectivity index (χ0) is 15.0. The lowest BCUT2D eigenvalue weighted by molar-refractivity contribution is 0.0942. The molecule has 21 heavy (non-hydrogen) atoms. The van der Waals surface area contributed by atoms with Crippen LogP contribution in [0.1, 0.15) is 17.3 Å². The van der Waals surface area contributed by atoms with E-state index in [9.17, 15) is 4.79 Å². The Labute approximate surface area is 125 Å². The van der Waals surface area contributed by atoms with Crippen molar-refractivity contribution in [3.8, 4) is 0 Å². The van der Waals surface area contributed by atoms with Crippen LogP contribution in [0.15, 0.2) is 34.9 Å². The van der Waals surface area contributed by atoms with Crippen molar-refractivity contribution in [1.82, 2.24) is 9.80 Å². The smallest absolute Gasteiger partial charge is 0.180 e. The van der Waals surface area contributed by atoms with Crippen LogP contribution in [0.2, 0.25) is 0 Å². The summed E-state index contributed by atoms with van der Waals surface area (Å²) >= 11 is 0. The first-order valence-corrected chi connectivity index (χ1v) is 7.44. The van der Waals surface area contributed by atoms with E-state index in [0.717, 1.165) is 24.1 Å². The number of ketones is 1. The first-order chi connectivity index (χ1) is 10.1. The number of Topliss-reactive ketones (excluding diaryl/α,β-unsaturated/α-hetero) is 1. The number of benzene rings is 1. The summed E-state index contributed by atoms with van der Waals surface area (Å²) < 4.78 is 5.47. The van der Waals surface area contributed by atoms with Gasteiger partial charge in [-0.1, -0.05) is 25.1 Å². The van der Waals surface area contributed by atoms with Crippen molar-refractivity contribution in [2.75, 3.05) is 33.7 Å². The quantitative estimate of drug-likeness (QED) is 0.809. The van der Waals surface area contributed by atoms with Crippen LogP contribution in [0.3, 0.4) is 0 Å². The third-order valence-electron chi connectivity index (χ3n) is 4.46. The number of para-hydroxylation sites is 1.